The summed E-state index contributed by atoms with van der Waals surface area (Å²) in [7, 11) is 1.40. The molecule has 1 fully saturated rings. The molecule has 8 nitrogen and oxygen atoms in total. The highest BCUT2D eigenvalue weighted by Gasteiger charge is 2.21. The second-order valence-corrected chi connectivity index (χ2v) is 5.59. The smallest absolute Gasteiger partial charge is 0.273 e. The summed E-state index contributed by atoms with van der Waals surface area (Å²) in [5.41, 5.74) is 0.319. The first-order valence-electron chi connectivity index (χ1n) is 7.49. The Labute approximate surface area is 134 Å². The van der Waals surface area contributed by atoms with Gasteiger partial charge >= 0.3 is 0 Å². The van der Waals surface area contributed by atoms with Crippen molar-refractivity contribution in [2.75, 3.05) is 38.7 Å². The van der Waals surface area contributed by atoms with Crippen molar-refractivity contribution >= 4 is 17.3 Å². The molecule has 0 bridgehead atoms. The average molecular weight is 323 g/mol. The Morgan fingerprint density at radius 1 is 1.48 bits per heavy atom. The number of carbonyl (C=O) groups is 1. The lowest BCUT2D eigenvalue weighted by Crippen LogP contribution is -2.39. The molecular formula is C15H21N3O5. The van der Waals surface area contributed by atoms with E-state index < -0.39 is 4.92 Å². The third-order valence-corrected chi connectivity index (χ3v) is 4.00. The number of ether oxygens (including phenoxy) is 1. The zero-order valence-electron chi connectivity index (χ0n) is 13.0. The Hall–Kier alpha value is -2.19. The number of nitrogens with one attached hydrogen (secondary N) is 1. The van der Waals surface area contributed by atoms with Crippen LogP contribution >= 0.6 is 0 Å². The summed E-state index contributed by atoms with van der Waals surface area (Å²) in [5, 5.41) is 22.6. The van der Waals surface area contributed by atoms with Crippen molar-refractivity contribution < 1.29 is 19.6 Å². The summed E-state index contributed by atoms with van der Waals surface area (Å²) in [6.07, 6.45) is 1.76. The quantitative estimate of drug-likeness (QED) is 0.603. The molecule has 0 saturated carbocycles. The zero-order valence-corrected chi connectivity index (χ0v) is 13.0. The number of nitrogens with zero attached hydrogens (tertiary/aromatic N) is 2. The number of nitro groups is 1. The topological polar surface area (TPSA) is 105 Å². The van der Waals surface area contributed by atoms with Gasteiger partial charge in [-0.25, -0.2) is 0 Å². The van der Waals surface area contributed by atoms with E-state index in [9.17, 15) is 14.9 Å². The van der Waals surface area contributed by atoms with Gasteiger partial charge in [-0.05, 0) is 37.9 Å². The van der Waals surface area contributed by atoms with Crippen LogP contribution in [0.15, 0.2) is 18.2 Å². The number of amides is 1. The van der Waals surface area contributed by atoms with Gasteiger partial charge in [0.05, 0.1) is 30.3 Å². The molecule has 0 unspecified atom stereocenters. The molecule has 1 aliphatic heterocycles. The van der Waals surface area contributed by atoms with Gasteiger partial charge in [-0.3, -0.25) is 19.8 Å². The molecule has 23 heavy (non-hydrogen) atoms. The molecule has 2 rings (SSSR count). The third-order valence-electron chi connectivity index (χ3n) is 4.00. The van der Waals surface area contributed by atoms with E-state index in [4.69, 9.17) is 9.84 Å². The molecule has 0 aromatic heterocycles. The Kier molecular flexibility index (Phi) is 5.89. The SMILES string of the molecule is COc1cc([N+](=O)[O-])ccc1NC(=O)CN1CCC(CO)CC1. The number of non-ortho nitro benzene ring substituents is 1. The van der Waals surface area contributed by atoms with Gasteiger partial charge in [-0.1, -0.05) is 0 Å². The predicted molar refractivity (Wildman–Crippen MR) is 84.5 cm³/mol. The van der Waals surface area contributed by atoms with Gasteiger partial charge in [0.25, 0.3) is 5.69 Å². The lowest BCUT2D eigenvalue weighted by molar-refractivity contribution is -0.384. The molecule has 126 valence electrons. The van der Waals surface area contributed by atoms with E-state index in [-0.39, 0.29) is 30.5 Å². The van der Waals surface area contributed by atoms with Gasteiger partial charge in [0, 0.05) is 12.7 Å². The molecule has 0 spiro atoms. The van der Waals surface area contributed by atoms with Crippen molar-refractivity contribution in [2.24, 2.45) is 5.92 Å². The molecular weight excluding hydrogens is 302 g/mol. The highest BCUT2D eigenvalue weighted by molar-refractivity contribution is 5.93. The van der Waals surface area contributed by atoms with Gasteiger partial charge in [0.15, 0.2) is 0 Å². The number of methoxy groups -OCH3 is 1. The molecule has 1 aromatic carbocycles. The minimum absolute atomic E-state index is 0.0917. The summed E-state index contributed by atoms with van der Waals surface area (Å²) < 4.78 is 5.10. The van der Waals surface area contributed by atoms with Gasteiger partial charge in [0.2, 0.25) is 5.91 Å². The maximum Gasteiger partial charge on any atom is 0.273 e. The number of likely N-dealkylation sites (tertiary alicyclic amines) is 1. The number of nitro benzene ring substituents is 1. The van der Waals surface area contributed by atoms with E-state index in [2.05, 4.69) is 5.32 Å². The normalized spacial score (nSPS) is 16.1. The predicted octanol–water partition coefficient (Wildman–Crippen LogP) is 1.25. The van der Waals surface area contributed by atoms with Crippen molar-refractivity contribution in [1.82, 2.24) is 4.90 Å². The standard InChI is InChI=1S/C15H21N3O5/c1-23-14-8-12(18(21)22)2-3-13(14)16-15(20)9-17-6-4-11(10-19)5-7-17/h2-3,8,11,19H,4-7,9-10H2,1H3,(H,16,20). The van der Waals surface area contributed by atoms with Crippen molar-refractivity contribution in [3.8, 4) is 5.75 Å². The van der Waals surface area contributed by atoms with Crippen molar-refractivity contribution in [2.45, 2.75) is 12.8 Å². The molecule has 2 N–H and O–H groups in total. The molecule has 8 heteroatoms. The summed E-state index contributed by atoms with van der Waals surface area (Å²) in [4.78, 5) is 24.4. The Morgan fingerprint density at radius 2 is 2.17 bits per heavy atom. The summed E-state index contributed by atoms with van der Waals surface area (Å²) in [6, 6.07) is 4.07. The Morgan fingerprint density at radius 3 is 2.74 bits per heavy atom. The van der Waals surface area contributed by atoms with Crippen LogP contribution in [0, 0.1) is 16.0 Å². The monoisotopic (exact) mass is 323 g/mol. The number of hydrogen-bond donors (Lipinski definition) is 2. The van der Waals surface area contributed by atoms with Gasteiger partial charge < -0.3 is 15.2 Å². The fraction of sp³-hybridized carbons (Fsp3) is 0.533. The second kappa shape index (κ2) is 7.89. The number of anilines is 1. The van der Waals surface area contributed by atoms with E-state index in [1.165, 1.54) is 25.3 Å². The highest BCUT2D eigenvalue weighted by atomic mass is 16.6. The van der Waals surface area contributed by atoms with Crippen molar-refractivity contribution in [3.63, 3.8) is 0 Å². The van der Waals surface area contributed by atoms with Gasteiger partial charge in [-0.2, -0.15) is 0 Å². The molecule has 1 aliphatic rings. The largest absolute Gasteiger partial charge is 0.494 e. The van der Waals surface area contributed by atoms with E-state index in [1.54, 1.807) is 0 Å². The van der Waals surface area contributed by atoms with Crippen molar-refractivity contribution in [1.29, 1.82) is 0 Å². The van der Waals surface area contributed by atoms with Gasteiger partial charge in [-0.15, -0.1) is 0 Å². The van der Waals surface area contributed by atoms with E-state index >= 15 is 0 Å². The van der Waals surface area contributed by atoms with Crippen molar-refractivity contribution in [3.05, 3.63) is 28.3 Å². The maximum absolute atomic E-state index is 12.1. The first kappa shape index (κ1) is 17.2. The van der Waals surface area contributed by atoms with Crippen LogP contribution in [0.1, 0.15) is 12.8 Å². The summed E-state index contributed by atoms with van der Waals surface area (Å²) in [5.74, 6) is 0.384. The molecule has 1 heterocycles. The van der Waals surface area contributed by atoms with Gasteiger partial charge in [0.1, 0.15) is 5.75 Å². The lowest BCUT2D eigenvalue weighted by Gasteiger charge is -2.30. The number of hydrogen-bond acceptors (Lipinski definition) is 6. The first-order valence-corrected chi connectivity index (χ1v) is 7.49. The second-order valence-electron chi connectivity index (χ2n) is 5.59. The average Bonchev–Trinajstić information content (AvgIpc) is 2.55. The van der Waals surface area contributed by atoms with E-state index in [0.717, 1.165) is 25.9 Å². The first-order chi connectivity index (χ1) is 11.0. The molecule has 0 radical (unpaired) electrons. The number of piperidine rings is 1. The number of aliphatic hydroxyl groups excluding tert-OH is 1. The van der Waals surface area contributed by atoms with Crippen LogP contribution in [0.2, 0.25) is 0 Å². The Bertz CT molecular complexity index is 570. The molecule has 0 atom stereocenters. The maximum atomic E-state index is 12.1. The van der Waals surface area contributed by atoms with Crippen LogP contribution in [0.3, 0.4) is 0 Å². The molecule has 1 aromatic rings. The number of rotatable bonds is 6. The zero-order chi connectivity index (χ0) is 16.8. The number of carbonyl (C=O) groups excluding carboxylic acids is 1. The highest BCUT2D eigenvalue weighted by Crippen LogP contribution is 2.29. The van der Waals surface area contributed by atoms with Crippen LogP contribution in [0.25, 0.3) is 0 Å². The van der Waals surface area contributed by atoms with E-state index in [1.807, 2.05) is 4.90 Å². The fourth-order valence-corrected chi connectivity index (χ4v) is 2.62. The summed E-state index contributed by atoms with van der Waals surface area (Å²) >= 11 is 0. The van der Waals surface area contributed by atoms with Crippen LogP contribution in [-0.4, -0.2) is 54.2 Å². The summed E-state index contributed by atoms with van der Waals surface area (Å²) in [6.45, 7) is 1.99. The number of aliphatic hydroxyl groups is 1. The van der Waals surface area contributed by atoms with E-state index in [0.29, 0.717) is 11.6 Å². The molecule has 1 amide bonds. The molecule has 1 saturated heterocycles. The van der Waals surface area contributed by atoms with Crippen LogP contribution < -0.4 is 10.1 Å². The van der Waals surface area contributed by atoms with Crippen LogP contribution in [0.4, 0.5) is 11.4 Å². The fourth-order valence-electron chi connectivity index (χ4n) is 2.62. The minimum Gasteiger partial charge on any atom is -0.494 e. The molecule has 0 aliphatic carbocycles. The minimum atomic E-state index is -0.514. The Balaban J connectivity index is 1.94. The van der Waals surface area contributed by atoms with Crippen LogP contribution in [0.5, 0.6) is 5.75 Å². The lowest BCUT2D eigenvalue weighted by atomic mass is 9.98. The van der Waals surface area contributed by atoms with Crippen LogP contribution in [-0.2, 0) is 4.79 Å². The third kappa shape index (κ3) is 4.64. The number of benzene rings is 1.